The van der Waals surface area contributed by atoms with Crippen molar-refractivity contribution in [1.29, 1.82) is 0 Å². The molecule has 0 aliphatic rings. The van der Waals surface area contributed by atoms with Crippen molar-refractivity contribution < 1.29 is 4.74 Å². The van der Waals surface area contributed by atoms with Crippen molar-refractivity contribution in [2.45, 2.75) is 0 Å². The van der Waals surface area contributed by atoms with E-state index in [9.17, 15) is 4.79 Å². The lowest BCUT2D eigenvalue weighted by Gasteiger charge is -1.99. The van der Waals surface area contributed by atoms with Crippen LogP contribution in [0.2, 0.25) is 10.0 Å². The van der Waals surface area contributed by atoms with Crippen LogP contribution in [0.1, 0.15) is 5.56 Å². The van der Waals surface area contributed by atoms with Gasteiger partial charge in [0.15, 0.2) is 5.82 Å². The third-order valence-corrected chi connectivity index (χ3v) is 5.27. The number of hydrogen-bond donors (Lipinski definition) is 0. The van der Waals surface area contributed by atoms with Gasteiger partial charge in [0, 0.05) is 10.6 Å². The van der Waals surface area contributed by atoms with Crippen LogP contribution in [0.4, 0.5) is 0 Å². The highest BCUT2D eigenvalue weighted by molar-refractivity contribution is 7.15. The number of benzene rings is 2. The normalized spacial score (nSPS) is 12.0. The van der Waals surface area contributed by atoms with E-state index >= 15 is 0 Å². The van der Waals surface area contributed by atoms with Crippen molar-refractivity contribution in [3.05, 3.63) is 73.0 Å². The molecule has 0 atom stereocenters. The fourth-order valence-corrected chi connectivity index (χ4v) is 3.87. The molecule has 4 aromatic rings. The Kier molecular flexibility index (Phi) is 4.40. The topological polar surface area (TPSA) is 56.5 Å². The maximum absolute atomic E-state index is 12.6. The molecule has 0 aliphatic carbocycles. The molecular formula is C18H11Cl2N3O2S. The van der Waals surface area contributed by atoms with Gasteiger partial charge >= 0.3 is 0 Å². The highest BCUT2D eigenvalue weighted by atomic mass is 35.5. The number of methoxy groups -OCH3 is 1. The Morgan fingerprint density at radius 3 is 2.58 bits per heavy atom. The lowest BCUT2D eigenvalue weighted by Crippen LogP contribution is -2.23. The van der Waals surface area contributed by atoms with Crippen LogP contribution in [0.25, 0.3) is 22.4 Å². The maximum Gasteiger partial charge on any atom is 0.291 e. The number of thiazole rings is 1. The van der Waals surface area contributed by atoms with E-state index in [0.29, 0.717) is 30.9 Å². The molecule has 2 heterocycles. The van der Waals surface area contributed by atoms with Crippen LogP contribution in [-0.2, 0) is 0 Å². The first kappa shape index (κ1) is 17.0. The predicted molar refractivity (Wildman–Crippen MR) is 104 cm³/mol. The van der Waals surface area contributed by atoms with Crippen LogP contribution in [-0.4, -0.2) is 21.7 Å². The van der Waals surface area contributed by atoms with Crippen LogP contribution >= 0.6 is 34.5 Å². The molecule has 2 aromatic heterocycles. The average molecular weight is 404 g/mol. The van der Waals surface area contributed by atoms with E-state index in [1.165, 1.54) is 15.9 Å². The van der Waals surface area contributed by atoms with E-state index in [4.69, 9.17) is 27.9 Å². The largest absolute Gasteiger partial charge is 0.497 e. The fraction of sp³-hybridized carbons (Fsp3) is 0.0556. The number of nitrogens with zero attached hydrogens (tertiary/aromatic N) is 3. The molecule has 0 bridgehead atoms. The average Bonchev–Trinajstić information content (AvgIpc) is 3.15. The van der Waals surface area contributed by atoms with Crippen LogP contribution in [0.3, 0.4) is 0 Å². The lowest BCUT2D eigenvalue weighted by molar-refractivity contribution is 0.415. The number of rotatable bonds is 3. The Morgan fingerprint density at radius 1 is 1.15 bits per heavy atom. The summed E-state index contributed by atoms with van der Waals surface area (Å²) in [7, 11) is 1.61. The second-order valence-corrected chi connectivity index (χ2v) is 7.30. The summed E-state index contributed by atoms with van der Waals surface area (Å²) in [5, 5.41) is 5.27. The molecule has 0 saturated carbocycles. The number of hydrogen-bond acceptors (Lipinski definition) is 5. The van der Waals surface area contributed by atoms with E-state index in [1.54, 1.807) is 31.4 Å². The molecule has 0 spiro atoms. The Balaban J connectivity index is 1.78. The summed E-state index contributed by atoms with van der Waals surface area (Å²) in [5.74, 6) is 1.16. The van der Waals surface area contributed by atoms with E-state index < -0.39 is 0 Å². The highest BCUT2D eigenvalue weighted by Gasteiger charge is 2.14. The first-order valence-corrected chi connectivity index (χ1v) is 9.13. The van der Waals surface area contributed by atoms with Gasteiger partial charge in [0.2, 0.25) is 4.96 Å². The van der Waals surface area contributed by atoms with Gasteiger partial charge in [0.05, 0.1) is 16.7 Å². The van der Waals surface area contributed by atoms with Crippen molar-refractivity contribution in [3.63, 3.8) is 0 Å². The molecule has 0 fully saturated rings. The molecule has 8 heteroatoms. The molecule has 0 radical (unpaired) electrons. The second-order valence-electron chi connectivity index (χ2n) is 5.44. The summed E-state index contributed by atoms with van der Waals surface area (Å²) in [6, 6.07) is 12.5. The monoisotopic (exact) mass is 403 g/mol. The van der Waals surface area contributed by atoms with E-state index in [1.807, 2.05) is 24.3 Å². The van der Waals surface area contributed by atoms with E-state index in [-0.39, 0.29) is 5.56 Å². The van der Waals surface area contributed by atoms with Crippen molar-refractivity contribution in [3.8, 4) is 17.1 Å². The predicted octanol–water partition coefficient (Wildman–Crippen LogP) is 3.68. The summed E-state index contributed by atoms with van der Waals surface area (Å²) in [6.07, 6.45) is 1.80. The summed E-state index contributed by atoms with van der Waals surface area (Å²) in [5.41, 5.74) is 1.31. The number of halogens is 2. The van der Waals surface area contributed by atoms with Gasteiger partial charge in [0.1, 0.15) is 5.75 Å². The standard InChI is InChI=1S/C18H11Cl2N3O2S/c1-25-12-5-2-10(3-6-12)8-15-17(24)23-18(26-15)21-16(22-23)13-7-4-11(19)9-14(13)20/h2-9H,1H3. The Labute approximate surface area is 162 Å². The van der Waals surface area contributed by atoms with Crippen LogP contribution < -0.4 is 14.8 Å². The van der Waals surface area contributed by atoms with Gasteiger partial charge in [-0.25, -0.2) is 0 Å². The first-order valence-electron chi connectivity index (χ1n) is 7.56. The molecule has 5 nitrogen and oxygen atoms in total. The Hall–Kier alpha value is -2.41. The van der Waals surface area contributed by atoms with Crippen LogP contribution in [0, 0.1) is 0 Å². The van der Waals surface area contributed by atoms with Crippen molar-refractivity contribution >= 4 is 45.6 Å². The van der Waals surface area contributed by atoms with Gasteiger partial charge in [-0.2, -0.15) is 9.50 Å². The van der Waals surface area contributed by atoms with Crippen LogP contribution in [0.15, 0.2) is 47.3 Å². The number of aromatic nitrogens is 3. The van der Waals surface area contributed by atoms with Crippen molar-refractivity contribution in [1.82, 2.24) is 14.6 Å². The van der Waals surface area contributed by atoms with Gasteiger partial charge in [-0.1, -0.05) is 46.7 Å². The maximum atomic E-state index is 12.6. The molecule has 130 valence electrons. The fourth-order valence-electron chi connectivity index (χ4n) is 2.47. The van der Waals surface area contributed by atoms with Gasteiger partial charge in [0.25, 0.3) is 5.56 Å². The molecule has 0 amide bonds. The minimum Gasteiger partial charge on any atom is -0.497 e. The summed E-state index contributed by atoms with van der Waals surface area (Å²) < 4.78 is 6.98. The molecule has 2 aromatic carbocycles. The zero-order valence-electron chi connectivity index (χ0n) is 13.4. The van der Waals surface area contributed by atoms with E-state index in [0.717, 1.165) is 11.3 Å². The quantitative estimate of drug-likeness (QED) is 0.523. The first-order chi connectivity index (χ1) is 12.5. The molecular weight excluding hydrogens is 393 g/mol. The Bertz CT molecular complexity index is 1220. The van der Waals surface area contributed by atoms with Gasteiger partial charge in [-0.05, 0) is 42.0 Å². The van der Waals surface area contributed by atoms with Gasteiger partial charge in [-0.3, -0.25) is 4.79 Å². The molecule has 0 unspecified atom stereocenters. The minimum atomic E-state index is -0.218. The lowest BCUT2D eigenvalue weighted by atomic mass is 10.2. The molecule has 0 N–H and O–H groups in total. The van der Waals surface area contributed by atoms with E-state index in [2.05, 4.69) is 10.1 Å². The summed E-state index contributed by atoms with van der Waals surface area (Å²) >= 11 is 13.4. The van der Waals surface area contributed by atoms with Crippen molar-refractivity contribution in [2.24, 2.45) is 0 Å². The smallest absolute Gasteiger partial charge is 0.291 e. The summed E-state index contributed by atoms with van der Waals surface area (Å²) in [4.78, 5) is 17.5. The molecule has 0 aliphatic heterocycles. The number of fused-ring (bicyclic) bond motifs is 1. The van der Waals surface area contributed by atoms with Gasteiger partial charge < -0.3 is 4.74 Å². The van der Waals surface area contributed by atoms with Crippen molar-refractivity contribution in [2.75, 3.05) is 7.11 Å². The third kappa shape index (κ3) is 3.07. The zero-order chi connectivity index (χ0) is 18.3. The zero-order valence-corrected chi connectivity index (χ0v) is 15.8. The molecule has 4 rings (SSSR count). The van der Waals surface area contributed by atoms with Gasteiger partial charge in [-0.15, -0.1) is 5.10 Å². The second kappa shape index (κ2) is 6.72. The highest BCUT2D eigenvalue weighted by Crippen LogP contribution is 2.28. The molecule has 26 heavy (non-hydrogen) atoms. The molecule has 0 saturated heterocycles. The number of ether oxygens (including phenoxy) is 1. The SMILES string of the molecule is COc1ccc(C=c2sc3nc(-c4ccc(Cl)cc4Cl)nn3c2=O)cc1. The third-order valence-electron chi connectivity index (χ3n) is 3.77. The van der Waals surface area contributed by atoms with Crippen LogP contribution in [0.5, 0.6) is 5.75 Å². The summed E-state index contributed by atoms with van der Waals surface area (Å²) in [6.45, 7) is 0. The minimum absolute atomic E-state index is 0.218. The Morgan fingerprint density at radius 2 is 1.92 bits per heavy atom.